The van der Waals surface area contributed by atoms with E-state index in [0.29, 0.717) is 5.57 Å². The van der Waals surface area contributed by atoms with Crippen molar-refractivity contribution in [1.29, 1.82) is 0 Å². The van der Waals surface area contributed by atoms with Crippen LogP contribution < -0.4 is 21.3 Å². The Hall–Kier alpha value is -4.67. The summed E-state index contributed by atoms with van der Waals surface area (Å²) < 4.78 is 2.46. The smallest absolute Gasteiger partial charge is 0.352 e. The number of rotatable bonds is 13. The summed E-state index contributed by atoms with van der Waals surface area (Å²) in [5, 5.41) is 48.0. The number of carboxylic acid groups (broad SMARTS) is 1. The molecule has 5 rings (SSSR count). The van der Waals surface area contributed by atoms with Crippen molar-refractivity contribution in [1.82, 2.24) is 40.1 Å². The molecule has 2 atom stereocenters. The zero-order valence-corrected chi connectivity index (χ0v) is 25.5. The van der Waals surface area contributed by atoms with Crippen LogP contribution in [0.5, 0.6) is 5.75 Å². The highest BCUT2D eigenvalue weighted by molar-refractivity contribution is 8.01. The number of nitrogens with one attached hydrogen (secondary N) is 1. The lowest BCUT2D eigenvalue weighted by atomic mass is 10.0. The number of aliphatic hydroxyl groups excluding tert-OH is 1. The number of hydrogen-bond acceptors (Lipinski definition) is 17. The molecule has 238 valence electrons. The number of fused-ring (bicyclic) bond motifs is 1. The number of aromatic hydroxyl groups is 1. The Morgan fingerprint density at radius 2 is 2.13 bits per heavy atom. The van der Waals surface area contributed by atoms with E-state index in [0.717, 1.165) is 45.0 Å². The van der Waals surface area contributed by atoms with Gasteiger partial charge in [0.15, 0.2) is 16.6 Å². The van der Waals surface area contributed by atoms with E-state index < -0.39 is 40.4 Å². The van der Waals surface area contributed by atoms with Crippen molar-refractivity contribution in [3.8, 4) is 5.75 Å². The van der Waals surface area contributed by atoms with Gasteiger partial charge in [-0.05, 0) is 16.0 Å². The Kier molecular flexibility index (Phi) is 9.55. The normalized spacial score (nSPS) is 18.0. The molecule has 5 heterocycles. The van der Waals surface area contributed by atoms with Crippen molar-refractivity contribution in [2.75, 3.05) is 37.6 Å². The number of tetrazole rings is 1. The number of amides is 2. The summed E-state index contributed by atoms with van der Waals surface area (Å²) in [5.41, 5.74) is 5.45. The first-order chi connectivity index (χ1) is 21.6. The van der Waals surface area contributed by atoms with Gasteiger partial charge in [-0.25, -0.2) is 14.5 Å². The zero-order valence-electron chi connectivity index (χ0n) is 23.1. The number of thioether (sulfide) groups is 2. The monoisotopic (exact) mass is 680 g/mol. The van der Waals surface area contributed by atoms with E-state index in [1.807, 2.05) is 0 Å². The zero-order chi connectivity index (χ0) is 32.2. The largest absolute Gasteiger partial charge is 0.503 e. The van der Waals surface area contributed by atoms with E-state index in [2.05, 4.69) is 31.0 Å². The Bertz CT molecular complexity index is 1750. The second kappa shape index (κ2) is 13.5. The Balaban J connectivity index is 1.29. The van der Waals surface area contributed by atoms with Gasteiger partial charge in [0.1, 0.15) is 36.5 Å². The minimum absolute atomic E-state index is 0.0637. The molecule has 0 saturated carbocycles. The second-order valence-electron chi connectivity index (χ2n) is 9.12. The van der Waals surface area contributed by atoms with Gasteiger partial charge >= 0.3 is 5.97 Å². The third-order valence-corrected chi connectivity index (χ3v) is 9.34. The molecule has 3 aromatic rings. The van der Waals surface area contributed by atoms with Crippen LogP contribution >= 0.6 is 34.9 Å². The van der Waals surface area contributed by atoms with Crippen molar-refractivity contribution in [3.05, 3.63) is 50.5 Å². The summed E-state index contributed by atoms with van der Waals surface area (Å²) in [7, 11) is 1.25. The molecule has 0 aromatic carbocycles. The Morgan fingerprint density at radius 1 is 1.33 bits per heavy atom. The molecular formula is C23H24N10O9S3. The van der Waals surface area contributed by atoms with Gasteiger partial charge in [-0.3, -0.25) is 19.3 Å². The van der Waals surface area contributed by atoms with Crippen molar-refractivity contribution in [2.24, 2.45) is 5.16 Å². The van der Waals surface area contributed by atoms with Crippen molar-refractivity contribution >= 4 is 63.5 Å². The predicted molar refractivity (Wildman–Crippen MR) is 158 cm³/mol. The van der Waals surface area contributed by atoms with Crippen LogP contribution in [0.3, 0.4) is 0 Å². The average molecular weight is 681 g/mol. The number of nitrogen functional groups attached to an aromatic ring is 1. The average Bonchev–Trinajstić information content (AvgIpc) is 3.65. The second-order valence-corrected chi connectivity index (χ2v) is 12.1. The van der Waals surface area contributed by atoms with Gasteiger partial charge in [0.2, 0.25) is 10.6 Å². The molecule has 19 nitrogen and oxygen atoms in total. The van der Waals surface area contributed by atoms with E-state index in [1.54, 1.807) is 0 Å². The number of oxime groups is 1. The van der Waals surface area contributed by atoms with Gasteiger partial charge in [-0.15, -0.1) is 28.2 Å². The van der Waals surface area contributed by atoms with Crippen LogP contribution in [0.15, 0.2) is 44.0 Å². The van der Waals surface area contributed by atoms with E-state index in [1.165, 1.54) is 28.9 Å². The number of pyridine rings is 1. The maximum Gasteiger partial charge on any atom is 0.352 e. The SMILES string of the molecule is CO/N=C(\C(=O)N[C@@H]1C(=O)N2C(C(=O)O)=C(CSc3nnnn3Cc3cc(=O)c(O)cn3OCCO)CS[C@@H]12)c1csc(N)n1. The third kappa shape index (κ3) is 6.57. The maximum absolute atomic E-state index is 13.1. The molecule has 45 heavy (non-hydrogen) atoms. The number of β-lactam (4-membered cyclic amide) rings is 1. The van der Waals surface area contributed by atoms with Crippen LogP contribution in [0.25, 0.3) is 0 Å². The minimum atomic E-state index is -1.32. The van der Waals surface area contributed by atoms with Crippen molar-refractivity contribution in [3.63, 3.8) is 0 Å². The summed E-state index contributed by atoms with van der Waals surface area (Å²) in [5.74, 6) is -2.90. The van der Waals surface area contributed by atoms with E-state index in [9.17, 15) is 29.4 Å². The number of carbonyl (C=O) groups excluding carboxylic acids is 2. The van der Waals surface area contributed by atoms with E-state index >= 15 is 0 Å². The van der Waals surface area contributed by atoms with Gasteiger partial charge in [0.25, 0.3) is 11.8 Å². The molecular weight excluding hydrogens is 657 g/mol. The molecule has 6 N–H and O–H groups in total. The number of aromatic nitrogens is 6. The molecule has 0 aliphatic carbocycles. The lowest BCUT2D eigenvalue weighted by Crippen LogP contribution is -2.71. The molecule has 0 radical (unpaired) electrons. The summed E-state index contributed by atoms with van der Waals surface area (Å²) in [6, 6.07) is 0.111. The van der Waals surface area contributed by atoms with Crippen LogP contribution in [0, 0.1) is 0 Å². The van der Waals surface area contributed by atoms with Crippen LogP contribution in [0.4, 0.5) is 5.13 Å². The highest BCUT2D eigenvalue weighted by Gasteiger charge is 2.54. The minimum Gasteiger partial charge on any atom is -0.503 e. The molecule has 1 saturated heterocycles. The number of nitrogens with zero attached hydrogens (tertiary/aromatic N) is 8. The quantitative estimate of drug-likeness (QED) is 0.0562. The van der Waals surface area contributed by atoms with Crippen LogP contribution in [-0.4, -0.2) is 117 Å². The topological polar surface area (TPSA) is 262 Å². The maximum atomic E-state index is 13.1. The molecule has 2 amide bonds. The number of carboxylic acids is 1. The van der Waals surface area contributed by atoms with Crippen molar-refractivity contribution < 1.29 is 39.4 Å². The molecule has 2 aliphatic rings. The fourth-order valence-electron chi connectivity index (χ4n) is 4.32. The lowest BCUT2D eigenvalue weighted by molar-refractivity contribution is -0.150. The number of nitrogens with two attached hydrogens (primary N) is 1. The van der Waals surface area contributed by atoms with Crippen LogP contribution in [0.1, 0.15) is 11.4 Å². The Labute approximate surface area is 264 Å². The number of aliphatic carboxylic acids is 1. The van der Waals surface area contributed by atoms with Gasteiger partial charge < -0.3 is 36.0 Å². The lowest BCUT2D eigenvalue weighted by Gasteiger charge is -2.49. The summed E-state index contributed by atoms with van der Waals surface area (Å²) in [6.07, 6.45) is 1.06. The molecule has 2 aliphatic heterocycles. The molecule has 0 bridgehead atoms. The number of anilines is 1. The first kappa shape index (κ1) is 31.7. The molecule has 0 unspecified atom stereocenters. The van der Waals surface area contributed by atoms with Crippen LogP contribution in [-0.2, 0) is 25.8 Å². The predicted octanol–water partition coefficient (Wildman–Crippen LogP) is -2.07. The number of thiazole rings is 1. The molecule has 0 spiro atoms. The van der Waals surface area contributed by atoms with Crippen molar-refractivity contribution in [2.45, 2.75) is 23.1 Å². The van der Waals surface area contributed by atoms with Crippen LogP contribution in [0.2, 0.25) is 0 Å². The highest BCUT2D eigenvalue weighted by Crippen LogP contribution is 2.41. The first-order valence-electron chi connectivity index (χ1n) is 12.7. The summed E-state index contributed by atoms with van der Waals surface area (Å²) in [4.78, 5) is 65.7. The van der Waals surface area contributed by atoms with Gasteiger partial charge in [0.05, 0.1) is 25.0 Å². The number of hydrogen-bond donors (Lipinski definition) is 5. The van der Waals surface area contributed by atoms with E-state index in [4.69, 9.17) is 20.5 Å². The standard InChI is InChI=1S/C23H24N10O9S3/c1-41-28-15(12-9-44-22(24)25-12)18(37)26-16-19(38)33-17(21(39)40)10(7-43-20(16)33)8-45-23-27-29-30-31(23)5-11-4-13(35)14(36)6-32(11)42-3-2-34/h4,6,9,16,20,34,36H,2-3,5,7-8H2,1H3,(H2,24,25)(H,26,37)(H,39,40)/b28-15-/t16-,20+/m1/s1. The number of aliphatic hydroxyl groups is 1. The first-order valence-corrected chi connectivity index (χ1v) is 15.6. The highest BCUT2D eigenvalue weighted by atomic mass is 32.2. The molecule has 22 heteroatoms. The Morgan fingerprint density at radius 3 is 2.82 bits per heavy atom. The third-order valence-electron chi connectivity index (χ3n) is 6.28. The van der Waals surface area contributed by atoms with Gasteiger partial charge in [-0.2, -0.15) is 4.73 Å². The summed E-state index contributed by atoms with van der Waals surface area (Å²) in [6.45, 7) is -0.484. The van der Waals surface area contributed by atoms with Gasteiger partial charge in [-0.1, -0.05) is 16.9 Å². The summed E-state index contributed by atoms with van der Waals surface area (Å²) >= 11 is 3.47. The fraction of sp³-hybridized carbons (Fsp3) is 0.348. The molecule has 3 aromatic heterocycles. The number of carbonyl (C=O) groups is 3. The van der Waals surface area contributed by atoms with Gasteiger partial charge in [0, 0.05) is 23.0 Å². The van der Waals surface area contributed by atoms with E-state index in [-0.39, 0.29) is 64.3 Å². The molecule has 1 fully saturated rings. The fourth-order valence-corrected chi connectivity index (χ4v) is 7.23.